The van der Waals surface area contributed by atoms with Gasteiger partial charge in [0.2, 0.25) is 5.91 Å². The SMILES string of the molecule is Cc1ccc(NC(=O)CCN2CC3CN(C(=O)c4ccccc4C#N)CC3C2)cc1Cl. The van der Waals surface area contributed by atoms with E-state index in [4.69, 9.17) is 11.6 Å². The molecule has 2 amide bonds. The molecule has 2 atom stereocenters. The van der Waals surface area contributed by atoms with Gasteiger partial charge in [0.25, 0.3) is 5.91 Å². The zero-order valence-corrected chi connectivity index (χ0v) is 18.2. The van der Waals surface area contributed by atoms with Crippen molar-refractivity contribution in [1.82, 2.24) is 9.80 Å². The molecule has 0 saturated carbocycles. The van der Waals surface area contributed by atoms with Crippen molar-refractivity contribution in [2.24, 2.45) is 11.8 Å². The number of hydrogen-bond donors (Lipinski definition) is 1. The van der Waals surface area contributed by atoms with Gasteiger partial charge < -0.3 is 15.1 Å². The standard InChI is InChI=1S/C24H25ClN4O2/c1-16-6-7-20(10-22(16)25)27-23(30)8-9-28-12-18-14-29(15-19(18)13-28)24(31)21-5-3-2-4-17(21)11-26/h2-7,10,18-19H,8-9,12-15H2,1H3,(H,27,30). The van der Waals surface area contributed by atoms with Gasteiger partial charge in [0.1, 0.15) is 0 Å². The lowest BCUT2D eigenvalue weighted by Gasteiger charge is -2.22. The second-order valence-electron chi connectivity index (χ2n) is 8.41. The summed E-state index contributed by atoms with van der Waals surface area (Å²) in [6.45, 7) is 5.80. The summed E-state index contributed by atoms with van der Waals surface area (Å²) >= 11 is 6.12. The van der Waals surface area contributed by atoms with E-state index in [1.54, 1.807) is 30.3 Å². The lowest BCUT2D eigenvalue weighted by Crippen LogP contribution is -2.34. The van der Waals surface area contributed by atoms with E-state index in [1.165, 1.54) is 0 Å². The molecular formula is C24H25ClN4O2. The van der Waals surface area contributed by atoms with Crippen LogP contribution in [-0.2, 0) is 4.79 Å². The molecule has 6 nitrogen and oxygen atoms in total. The Labute approximate surface area is 187 Å². The third-order valence-electron chi connectivity index (χ3n) is 6.24. The summed E-state index contributed by atoms with van der Waals surface area (Å²) < 4.78 is 0. The molecule has 2 aliphatic heterocycles. The van der Waals surface area contributed by atoms with Crippen molar-refractivity contribution in [2.75, 3.05) is 38.0 Å². The summed E-state index contributed by atoms with van der Waals surface area (Å²) in [7, 11) is 0. The highest BCUT2D eigenvalue weighted by molar-refractivity contribution is 6.31. The molecule has 4 rings (SSSR count). The largest absolute Gasteiger partial charge is 0.338 e. The van der Waals surface area contributed by atoms with Crippen molar-refractivity contribution in [3.63, 3.8) is 0 Å². The zero-order chi connectivity index (χ0) is 22.0. The van der Waals surface area contributed by atoms with Crippen molar-refractivity contribution in [2.45, 2.75) is 13.3 Å². The average Bonchev–Trinajstić information content (AvgIpc) is 3.33. The third-order valence-corrected chi connectivity index (χ3v) is 6.64. The van der Waals surface area contributed by atoms with Gasteiger partial charge in [0.15, 0.2) is 0 Å². The van der Waals surface area contributed by atoms with Crippen LogP contribution in [0.4, 0.5) is 5.69 Å². The first kappa shape index (κ1) is 21.4. The van der Waals surface area contributed by atoms with Gasteiger partial charge in [0.05, 0.1) is 17.2 Å². The molecule has 31 heavy (non-hydrogen) atoms. The number of benzene rings is 2. The number of carbonyl (C=O) groups excluding carboxylic acids is 2. The van der Waals surface area contributed by atoms with Crippen LogP contribution < -0.4 is 5.32 Å². The Kier molecular flexibility index (Phi) is 6.26. The minimum atomic E-state index is -0.0609. The quantitative estimate of drug-likeness (QED) is 0.777. The Morgan fingerprint density at radius 3 is 2.52 bits per heavy atom. The molecule has 0 bridgehead atoms. The molecule has 2 aliphatic rings. The summed E-state index contributed by atoms with van der Waals surface area (Å²) in [5.74, 6) is 0.741. The summed E-state index contributed by atoms with van der Waals surface area (Å²) in [6, 6.07) is 14.6. The molecule has 7 heteroatoms. The number of nitrogens with zero attached hydrogens (tertiary/aromatic N) is 3. The molecule has 2 aromatic carbocycles. The number of carbonyl (C=O) groups is 2. The molecular weight excluding hydrogens is 412 g/mol. The van der Waals surface area contributed by atoms with Gasteiger partial charge in [0, 0.05) is 49.9 Å². The van der Waals surface area contributed by atoms with Crippen LogP contribution in [0.2, 0.25) is 5.02 Å². The smallest absolute Gasteiger partial charge is 0.255 e. The molecule has 1 N–H and O–H groups in total. The fourth-order valence-electron chi connectivity index (χ4n) is 4.53. The van der Waals surface area contributed by atoms with Gasteiger partial charge in [-0.05, 0) is 48.6 Å². The van der Waals surface area contributed by atoms with Crippen molar-refractivity contribution in [3.8, 4) is 6.07 Å². The lowest BCUT2D eigenvalue weighted by atomic mass is 10.0. The number of halogens is 1. The summed E-state index contributed by atoms with van der Waals surface area (Å²) in [5.41, 5.74) is 2.60. The second-order valence-corrected chi connectivity index (χ2v) is 8.82. The number of anilines is 1. The van der Waals surface area contributed by atoms with Crippen LogP contribution in [0.5, 0.6) is 0 Å². The highest BCUT2D eigenvalue weighted by Crippen LogP contribution is 2.32. The van der Waals surface area contributed by atoms with Gasteiger partial charge in [-0.3, -0.25) is 9.59 Å². The topological polar surface area (TPSA) is 76.4 Å². The Hall–Kier alpha value is -2.88. The maximum absolute atomic E-state index is 12.9. The van der Waals surface area contributed by atoms with Gasteiger partial charge in [-0.1, -0.05) is 29.8 Å². The maximum Gasteiger partial charge on any atom is 0.255 e. The predicted molar refractivity (Wildman–Crippen MR) is 120 cm³/mol. The van der Waals surface area contributed by atoms with E-state index < -0.39 is 0 Å². The van der Waals surface area contributed by atoms with E-state index in [1.807, 2.05) is 24.0 Å². The average molecular weight is 437 g/mol. The highest BCUT2D eigenvalue weighted by atomic mass is 35.5. The van der Waals surface area contributed by atoms with Gasteiger partial charge in [-0.25, -0.2) is 0 Å². The summed E-state index contributed by atoms with van der Waals surface area (Å²) in [6.07, 6.45) is 0.420. The molecule has 2 aromatic rings. The van der Waals surface area contributed by atoms with Crippen molar-refractivity contribution in [3.05, 3.63) is 64.2 Å². The van der Waals surface area contributed by atoms with Crippen LogP contribution in [0, 0.1) is 30.1 Å². The monoisotopic (exact) mass is 436 g/mol. The summed E-state index contributed by atoms with van der Waals surface area (Å²) in [4.78, 5) is 29.4. The minimum Gasteiger partial charge on any atom is -0.338 e. The molecule has 2 heterocycles. The predicted octanol–water partition coefficient (Wildman–Crippen LogP) is 3.55. The number of rotatable bonds is 5. The first-order valence-corrected chi connectivity index (χ1v) is 10.9. The van der Waals surface area contributed by atoms with E-state index in [9.17, 15) is 14.9 Å². The number of hydrogen-bond acceptors (Lipinski definition) is 4. The fourth-order valence-corrected chi connectivity index (χ4v) is 4.71. The summed E-state index contributed by atoms with van der Waals surface area (Å²) in [5, 5.41) is 12.8. The normalized spacial score (nSPS) is 20.4. The van der Waals surface area contributed by atoms with Gasteiger partial charge >= 0.3 is 0 Å². The third kappa shape index (κ3) is 4.73. The van der Waals surface area contributed by atoms with Crippen molar-refractivity contribution < 1.29 is 9.59 Å². The second kappa shape index (κ2) is 9.09. The fraction of sp³-hybridized carbons (Fsp3) is 0.375. The van der Waals surface area contributed by atoms with Crippen LogP contribution in [0.1, 0.15) is 27.9 Å². The number of nitrogens with one attached hydrogen (secondary N) is 1. The van der Waals surface area contributed by atoms with E-state index in [0.717, 1.165) is 18.7 Å². The van der Waals surface area contributed by atoms with Crippen molar-refractivity contribution >= 4 is 29.1 Å². The lowest BCUT2D eigenvalue weighted by molar-refractivity contribution is -0.116. The molecule has 2 saturated heterocycles. The molecule has 0 aromatic heterocycles. The van der Waals surface area contributed by atoms with Crippen LogP contribution in [0.3, 0.4) is 0 Å². The molecule has 0 aliphatic carbocycles. The Morgan fingerprint density at radius 2 is 1.84 bits per heavy atom. The Balaban J connectivity index is 1.26. The molecule has 160 valence electrons. The first-order valence-electron chi connectivity index (χ1n) is 10.5. The number of aryl methyl sites for hydroxylation is 1. The maximum atomic E-state index is 12.9. The minimum absolute atomic E-state index is 0.0260. The van der Waals surface area contributed by atoms with E-state index in [2.05, 4.69) is 16.3 Å². The van der Waals surface area contributed by atoms with Crippen LogP contribution in [0.25, 0.3) is 0 Å². The van der Waals surface area contributed by atoms with Crippen LogP contribution in [0.15, 0.2) is 42.5 Å². The zero-order valence-electron chi connectivity index (χ0n) is 17.5. The van der Waals surface area contributed by atoms with E-state index in [0.29, 0.717) is 59.7 Å². The first-order chi connectivity index (χ1) is 14.9. The highest BCUT2D eigenvalue weighted by Gasteiger charge is 2.41. The van der Waals surface area contributed by atoms with Gasteiger partial charge in [-0.2, -0.15) is 5.26 Å². The molecule has 0 radical (unpaired) electrons. The number of nitriles is 1. The molecule has 2 unspecified atom stereocenters. The molecule has 0 spiro atoms. The van der Waals surface area contributed by atoms with Crippen molar-refractivity contribution in [1.29, 1.82) is 5.26 Å². The molecule has 2 fully saturated rings. The van der Waals surface area contributed by atoms with Gasteiger partial charge in [-0.15, -0.1) is 0 Å². The number of amides is 2. The Bertz CT molecular complexity index is 1030. The number of fused-ring (bicyclic) bond motifs is 1. The van der Waals surface area contributed by atoms with Crippen LogP contribution >= 0.6 is 11.6 Å². The van der Waals surface area contributed by atoms with E-state index in [-0.39, 0.29) is 11.8 Å². The number of likely N-dealkylation sites (tertiary alicyclic amines) is 2. The van der Waals surface area contributed by atoms with E-state index >= 15 is 0 Å². The van der Waals surface area contributed by atoms with Crippen LogP contribution in [-0.4, -0.2) is 54.3 Å². The Morgan fingerprint density at radius 1 is 1.13 bits per heavy atom.